The van der Waals surface area contributed by atoms with Crippen LogP contribution < -0.4 is 0 Å². The van der Waals surface area contributed by atoms with Gasteiger partial charge in [-0.15, -0.1) is 0 Å². The van der Waals surface area contributed by atoms with Crippen LogP contribution in [-0.4, -0.2) is 9.97 Å². The van der Waals surface area contributed by atoms with Gasteiger partial charge >= 0.3 is 0 Å². The largest absolute Gasteiger partial charge is 0.236 e. The molecule has 0 aliphatic rings. The number of aromatic nitrogens is 2. The van der Waals surface area contributed by atoms with Gasteiger partial charge in [-0.2, -0.15) is 0 Å². The summed E-state index contributed by atoms with van der Waals surface area (Å²) in [5.74, 6) is -1.46. The number of benzene rings is 1. The second-order valence-corrected chi connectivity index (χ2v) is 5.11. The van der Waals surface area contributed by atoms with Gasteiger partial charge in [-0.3, -0.25) is 0 Å². The summed E-state index contributed by atoms with van der Waals surface area (Å²) in [6, 6.07) is 4.51. The van der Waals surface area contributed by atoms with Crippen molar-refractivity contribution in [1.82, 2.24) is 9.97 Å². The van der Waals surface area contributed by atoms with Gasteiger partial charge in [0, 0.05) is 11.6 Å². The quantitative estimate of drug-likeness (QED) is 0.786. The number of rotatable bonds is 3. The molecule has 0 atom stereocenters. The molecule has 0 aliphatic heterocycles. The molecular formula is C14H13ClF2N2. The fourth-order valence-corrected chi connectivity index (χ4v) is 2.01. The Balaban J connectivity index is 2.47. The van der Waals surface area contributed by atoms with E-state index in [1.54, 1.807) is 6.07 Å². The Morgan fingerprint density at radius 1 is 1.16 bits per heavy atom. The molecular weight excluding hydrogens is 270 g/mol. The van der Waals surface area contributed by atoms with E-state index >= 15 is 0 Å². The predicted molar refractivity (Wildman–Crippen MR) is 70.9 cm³/mol. The molecule has 5 heteroatoms. The lowest BCUT2D eigenvalue weighted by Gasteiger charge is -2.10. The summed E-state index contributed by atoms with van der Waals surface area (Å²) in [7, 11) is 0. The Bertz CT molecular complexity index is 600. The lowest BCUT2D eigenvalue weighted by molar-refractivity contribution is 0.491. The van der Waals surface area contributed by atoms with Crippen molar-refractivity contribution in [3.63, 3.8) is 0 Å². The number of hydrogen-bond donors (Lipinski definition) is 0. The summed E-state index contributed by atoms with van der Waals surface area (Å²) in [6.07, 6.45) is 1.71. The van der Waals surface area contributed by atoms with Crippen LogP contribution in [-0.2, 0) is 6.42 Å². The number of halogens is 3. The van der Waals surface area contributed by atoms with Gasteiger partial charge < -0.3 is 0 Å². The van der Waals surface area contributed by atoms with E-state index in [4.69, 9.17) is 11.6 Å². The zero-order valence-corrected chi connectivity index (χ0v) is 11.4. The van der Waals surface area contributed by atoms with Crippen LogP contribution in [0.15, 0.2) is 24.5 Å². The molecule has 0 aliphatic carbocycles. The smallest absolute Gasteiger partial charge is 0.168 e. The summed E-state index contributed by atoms with van der Waals surface area (Å²) < 4.78 is 28.0. The second-order valence-electron chi connectivity index (χ2n) is 4.72. The lowest BCUT2D eigenvalue weighted by Crippen LogP contribution is -2.02. The topological polar surface area (TPSA) is 25.8 Å². The van der Waals surface area contributed by atoms with Gasteiger partial charge in [0.15, 0.2) is 11.6 Å². The van der Waals surface area contributed by atoms with Crippen molar-refractivity contribution in [3.05, 3.63) is 46.9 Å². The van der Waals surface area contributed by atoms with Crippen LogP contribution >= 0.6 is 11.6 Å². The zero-order valence-electron chi connectivity index (χ0n) is 10.6. The molecule has 0 bridgehead atoms. The summed E-state index contributed by atoms with van der Waals surface area (Å²) >= 11 is 5.72. The molecule has 2 nitrogen and oxygen atoms in total. The van der Waals surface area contributed by atoms with Crippen molar-refractivity contribution in [1.29, 1.82) is 0 Å². The monoisotopic (exact) mass is 282 g/mol. The van der Waals surface area contributed by atoms with Gasteiger partial charge in [0.05, 0.1) is 5.69 Å². The van der Waals surface area contributed by atoms with Crippen LogP contribution in [0.2, 0.25) is 5.15 Å². The number of nitrogens with zero attached hydrogens (tertiary/aromatic N) is 2. The molecule has 2 aromatic rings. The first-order chi connectivity index (χ1) is 8.99. The van der Waals surface area contributed by atoms with Gasteiger partial charge in [-0.25, -0.2) is 18.7 Å². The third-order valence-electron chi connectivity index (χ3n) is 2.70. The van der Waals surface area contributed by atoms with Gasteiger partial charge in [0.25, 0.3) is 0 Å². The van der Waals surface area contributed by atoms with E-state index in [1.807, 2.05) is 13.8 Å². The minimum Gasteiger partial charge on any atom is -0.236 e. The van der Waals surface area contributed by atoms with Gasteiger partial charge in [-0.1, -0.05) is 31.5 Å². The van der Waals surface area contributed by atoms with Crippen molar-refractivity contribution in [2.24, 2.45) is 5.92 Å². The fourth-order valence-electron chi connectivity index (χ4n) is 1.87. The molecule has 0 radical (unpaired) electrons. The molecule has 0 N–H and O–H groups in total. The molecule has 100 valence electrons. The van der Waals surface area contributed by atoms with Gasteiger partial charge in [-0.05, 0) is 24.0 Å². The molecule has 1 aromatic carbocycles. The molecule has 0 fully saturated rings. The molecule has 0 amide bonds. The highest BCUT2D eigenvalue weighted by Crippen LogP contribution is 2.26. The first-order valence-corrected chi connectivity index (χ1v) is 6.31. The van der Waals surface area contributed by atoms with E-state index in [0.717, 1.165) is 0 Å². The Morgan fingerprint density at radius 3 is 2.53 bits per heavy atom. The van der Waals surface area contributed by atoms with E-state index in [-0.39, 0.29) is 22.3 Å². The first kappa shape index (κ1) is 13.9. The predicted octanol–water partition coefficient (Wildman–Crippen LogP) is 4.27. The van der Waals surface area contributed by atoms with Crippen molar-refractivity contribution in [3.8, 4) is 11.3 Å². The van der Waals surface area contributed by atoms with Crippen LogP contribution in [0.1, 0.15) is 19.4 Å². The summed E-state index contributed by atoms with van der Waals surface area (Å²) in [5.41, 5.74) is 0.734. The summed E-state index contributed by atoms with van der Waals surface area (Å²) in [6.45, 7) is 3.91. The van der Waals surface area contributed by atoms with Crippen molar-refractivity contribution in [2.75, 3.05) is 0 Å². The van der Waals surface area contributed by atoms with Crippen LogP contribution in [0.3, 0.4) is 0 Å². The minimum absolute atomic E-state index is 0.0920. The third-order valence-corrected chi connectivity index (χ3v) is 2.91. The van der Waals surface area contributed by atoms with E-state index < -0.39 is 11.6 Å². The van der Waals surface area contributed by atoms with E-state index in [0.29, 0.717) is 12.0 Å². The van der Waals surface area contributed by atoms with Crippen LogP contribution in [0.25, 0.3) is 11.3 Å². The normalized spacial score (nSPS) is 11.1. The highest BCUT2D eigenvalue weighted by molar-refractivity contribution is 6.29. The Morgan fingerprint density at radius 2 is 1.89 bits per heavy atom. The molecule has 1 aromatic heterocycles. The van der Waals surface area contributed by atoms with Gasteiger partial charge in [0.2, 0.25) is 0 Å². The SMILES string of the molecule is CC(C)Cc1ccc(-c2cc(Cl)ncn2)c(F)c1F. The number of hydrogen-bond acceptors (Lipinski definition) is 2. The minimum atomic E-state index is -0.895. The summed E-state index contributed by atoms with van der Waals surface area (Å²) in [4.78, 5) is 7.61. The van der Waals surface area contributed by atoms with Crippen LogP contribution in [0.4, 0.5) is 8.78 Å². The third kappa shape index (κ3) is 3.07. The standard InChI is InChI=1S/C14H13ClF2N2/c1-8(2)5-9-3-4-10(14(17)13(9)16)11-6-12(15)19-7-18-11/h3-4,6-8H,5H2,1-2H3. The molecule has 2 rings (SSSR count). The molecule has 19 heavy (non-hydrogen) atoms. The second kappa shape index (κ2) is 5.61. The maximum absolute atomic E-state index is 14.1. The van der Waals surface area contributed by atoms with Crippen molar-refractivity contribution < 1.29 is 8.78 Å². The van der Waals surface area contributed by atoms with Gasteiger partial charge in [0.1, 0.15) is 11.5 Å². The molecule has 0 unspecified atom stereocenters. The lowest BCUT2D eigenvalue weighted by atomic mass is 9.99. The van der Waals surface area contributed by atoms with E-state index in [1.165, 1.54) is 18.5 Å². The average molecular weight is 283 g/mol. The summed E-state index contributed by atoms with van der Waals surface area (Å²) in [5, 5.41) is 0.191. The van der Waals surface area contributed by atoms with Crippen molar-refractivity contribution in [2.45, 2.75) is 20.3 Å². The van der Waals surface area contributed by atoms with Crippen LogP contribution in [0.5, 0.6) is 0 Å². The Labute approximate surface area is 115 Å². The maximum atomic E-state index is 14.1. The van der Waals surface area contributed by atoms with Crippen LogP contribution in [0, 0.1) is 17.6 Å². The first-order valence-electron chi connectivity index (χ1n) is 5.94. The van der Waals surface area contributed by atoms with E-state index in [2.05, 4.69) is 9.97 Å². The molecule has 0 spiro atoms. The Kier molecular flexibility index (Phi) is 4.10. The molecule has 0 saturated carbocycles. The average Bonchev–Trinajstić information content (AvgIpc) is 2.35. The Hall–Kier alpha value is -1.55. The maximum Gasteiger partial charge on any atom is 0.168 e. The highest BCUT2D eigenvalue weighted by Gasteiger charge is 2.16. The highest BCUT2D eigenvalue weighted by atomic mass is 35.5. The zero-order chi connectivity index (χ0) is 14.0. The van der Waals surface area contributed by atoms with E-state index in [9.17, 15) is 8.78 Å². The van der Waals surface area contributed by atoms with Crippen molar-refractivity contribution >= 4 is 11.6 Å². The molecule has 0 saturated heterocycles. The molecule has 1 heterocycles. The fraction of sp³-hybridized carbons (Fsp3) is 0.286.